The zero-order valence-electron chi connectivity index (χ0n) is 7.54. The Balaban J connectivity index is 2.26. The van der Waals surface area contributed by atoms with Gasteiger partial charge in [0, 0.05) is 12.5 Å². The molecule has 14 heavy (non-hydrogen) atoms. The van der Waals surface area contributed by atoms with Crippen LogP contribution in [0, 0.1) is 0 Å². The average Bonchev–Trinajstić information content (AvgIpc) is 2.86. The molecule has 0 aliphatic rings. The highest BCUT2D eigenvalue weighted by Gasteiger charge is 2.14. The van der Waals surface area contributed by atoms with Gasteiger partial charge in [-0.05, 0) is 11.5 Å². The first-order valence-electron chi connectivity index (χ1n) is 4.12. The molecular formula is C7H9N5OS. The lowest BCUT2D eigenvalue weighted by Crippen LogP contribution is -2.10. The number of aromatic nitrogens is 4. The van der Waals surface area contributed by atoms with Gasteiger partial charge in [0.25, 0.3) is 5.89 Å². The molecule has 0 saturated heterocycles. The summed E-state index contributed by atoms with van der Waals surface area (Å²) in [6.07, 6.45) is 1.59. The smallest absolute Gasteiger partial charge is 0.271 e. The molecule has 0 aromatic carbocycles. The third kappa shape index (κ3) is 1.64. The maximum Gasteiger partial charge on any atom is 0.271 e. The topological polar surface area (TPSA) is 90.7 Å². The fourth-order valence-corrected chi connectivity index (χ4v) is 1.34. The van der Waals surface area contributed by atoms with Gasteiger partial charge in [-0.25, -0.2) is 0 Å². The largest absolute Gasteiger partial charge is 0.333 e. The standard InChI is InChI=1S/C7H9N5OS/c1-4(2-8)6-10-7(13-11-6)5-3-9-12-14-5/h3-4H,2,8H2,1H3. The van der Waals surface area contributed by atoms with Crippen molar-refractivity contribution >= 4 is 11.5 Å². The number of nitrogens with two attached hydrogens (primary N) is 1. The van der Waals surface area contributed by atoms with Crippen LogP contribution in [0.1, 0.15) is 18.7 Å². The van der Waals surface area contributed by atoms with Crippen molar-refractivity contribution in [2.45, 2.75) is 12.8 Å². The molecule has 0 aliphatic heterocycles. The quantitative estimate of drug-likeness (QED) is 0.801. The molecule has 6 nitrogen and oxygen atoms in total. The van der Waals surface area contributed by atoms with Gasteiger partial charge in [0.15, 0.2) is 5.82 Å². The van der Waals surface area contributed by atoms with Crippen LogP contribution in [-0.2, 0) is 0 Å². The van der Waals surface area contributed by atoms with Crippen molar-refractivity contribution in [2.24, 2.45) is 5.73 Å². The van der Waals surface area contributed by atoms with Crippen molar-refractivity contribution in [3.05, 3.63) is 12.0 Å². The summed E-state index contributed by atoms with van der Waals surface area (Å²) in [6.45, 7) is 2.44. The van der Waals surface area contributed by atoms with E-state index in [9.17, 15) is 0 Å². The minimum Gasteiger partial charge on any atom is -0.333 e. The fraction of sp³-hybridized carbons (Fsp3) is 0.429. The van der Waals surface area contributed by atoms with Gasteiger partial charge in [0.2, 0.25) is 0 Å². The minimum absolute atomic E-state index is 0.105. The summed E-state index contributed by atoms with van der Waals surface area (Å²) < 4.78 is 8.76. The first-order chi connectivity index (χ1) is 6.81. The Labute approximate surface area is 84.3 Å². The Morgan fingerprint density at radius 3 is 3.14 bits per heavy atom. The van der Waals surface area contributed by atoms with Crippen LogP contribution >= 0.6 is 11.5 Å². The molecule has 2 rings (SSSR count). The van der Waals surface area contributed by atoms with Crippen molar-refractivity contribution < 1.29 is 4.52 Å². The van der Waals surface area contributed by atoms with Crippen molar-refractivity contribution in [2.75, 3.05) is 6.54 Å². The van der Waals surface area contributed by atoms with Gasteiger partial charge in [-0.1, -0.05) is 16.6 Å². The third-order valence-electron chi connectivity index (χ3n) is 1.81. The average molecular weight is 211 g/mol. The minimum atomic E-state index is 0.105. The van der Waals surface area contributed by atoms with Gasteiger partial charge < -0.3 is 10.3 Å². The van der Waals surface area contributed by atoms with Crippen molar-refractivity contribution in [3.63, 3.8) is 0 Å². The van der Waals surface area contributed by atoms with Gasteiger partial charge in [-0.15, -0.1) is 5.10 Å². The summed E-state index contributed by atoms with van der Waals surface area (Å²) in [5.74, 6) is 1.18. The monoisotopic (exact) mass is 211 g/mol. The van der Waals surface area contributed by atoms with Gasteiger partial charge in [0.1, 0.15) is 4.88 Å². The second-order valence-corrected chi connectivity index (χ2v) is 3.66. The molecule has 0 radical (unpaired) electrons. The molecule has 2 heterocycles. The predicted molar refractivity (Wildman–Crippen MR) is 50.7 cm³/mol. The van der Waals surface area contributed by atoms with E-state index in [1.807, 2.05) is 6.92 Å². The van der Waals surface area contributed by atoms with Gasteiger partial charge in [-0.2, -0.15) is 4.98 Å². The molecule has 0 amide bonds. The number of rotatable bonds is 3. The Bertz CT molecular complexity index is 398. The van der Waals surface area contributed by atoms with Crippen LogP contribution in [0.25, 0.3) is 10.8 Å². The lowest BCUT2D eigenvalue weighted by Gasteiger charge is -1.98. The molecule has 1 unspecified atom stereocenters. The lowest BCUT2D eigenvalue weighted by molar-refractivity contribution is 0.418. The van der Waals surface area contributed by atoms with Crippen molar-refractivity contribution in [1.82, 2.24) is 19.7 Å². The highest BCUT2D eigenvalue weighted by atomic mass is 32.1. The SMILES string of the molecule is CC(CN)c1noc(-c2cnns2)n1. The van der Waals surface area contributed by atoms with Crippen LogP contribution in [0.3, 0.4) is 0 Å². The molecule has 0 spiro atoms. The number of hydrogen-bond donors (Lipinski definition) is 1. The second-order valence-electron chi connectivity index (χ2n) is 2.88. The van der Waals surface area contributed by atoms with Crippen molar-refractivity contribution in [3.8, 4) is 10.8 Å². The predicted octanol–water partition coefficient (Wildman–Crippen LogP) is 0.650. The molecule has 2 N–H and O–H groups in total. The maximum absolute atomic E-state index is 5.49. The third-order valence-corrected chi connectivity index (χ3v) is 2.46. The Morgan fingerprint density at radius 1 is 1.64 bits per heavy atom. The number of nitrogens with zero attached hydrogens (tertiary/aromatic N) is 4. The number of hydrogen-bond acceptors (Lipinski definition) is 7. The first kappa shape index (κ1) is 9.22. The van der Waals surface area contributed by atoms with Gasteiger partial charge >= 0.3 is 0 Å². The zero-order valence-corrected chi connectivity index (χ0v) is 8.36. The Kier molecular flexibility index (Phi) is 2.51. The molecule has 2 aromatic heterocycles. The van der Waals surface area contributed by atoms with E-state index >= 15 is 0 Å². The van der Waals surface area contributed by atoms with Gasteiger partial charge in [-0.3, -0.25) is 0 Å². The van der Waals surface area contributed by atoms with E-state index in [1.54, 1.807) is 6.20 Å². The lowest BCUT2D eigenvalue weighted by atomic mass is 10.2. The summed E-state index contributed by atoms with van der Waals surface area (Å²) in [7, 11) is 0. The summed E-state index contributed by atoms with van der Waals surface area (Å²) in [4.78, 5) is 4.97. The molecule has 1 atom stereocenters. The first-order valence-corrected chi connectivity index (χ1v) is 4.90. The molecule has 74 valence electrons. The Hall–Kier alpha value is -1.34. The van der Waals surface area contributed by atoms with E-state index in [0.29, 0.717) is 18.3 Å². The highest BCUT2D eigenvalue weighted by Crippen LogP contribution is 2.21. The second kappa shape index (κ2) is 3.81. The van der Waals surface area contributed by atoms with Gasteiger partial charge in [0.05, 0.1) is 6.20 Å². The van der Waals surface area contributed by atoms with E-state index in [2.05, 4.69) is 19.7 Å². The molecule has 0 bridgehead atoms. The molecular weight excluding hydrogens is 202 g/mol. The Morgan fingerprint density at radius 2 is 2.50 bits per heavy atom. The van der Waals surface area contributed by atoms with E-state index in [-0.39, 0.29) is 5.92 Å². The van der Waals surface area contributed by atoms with E-state index in [4.69, 9.17) is 10.3 Å². The van der Waals surface area contributed by atoms with Crippen molar-refractivity contribution in [1.29, 1.82) is 0 Å². The van der Waals surface area contributed by atoms with Crippen LogP contribution < -0.4 is 5.73 Å². The summed E-state index contributed by atoms with van der Waals surface area (Å²) in [5.41, 5.74) is 5.49. The fourth-order valence-electron chi connectivity index (χ4n) is 0.902. The van der Waals surface area contributed by atoms with Crippen LogP contribution in [0.15, 0.2) is 10.7 Å². The van der Waals surface area contributed by atoms with Crippen LogP contribution in [0.4, 0.5) is 0 Å². The normalized spacial score (nSPS) is 13.0. The van der Waals surface area contributed by atoms with Crippen LogP contribution in [0.5, 0.6) is 0 Å². The zero-order chi connectivity index (χ0) is 9.97. The molecule has 0 aliphatic carbocycles. The molecule has 0 fully saturated rings. The molecule has 0 saturated carbocycles. The molecule has 2 aromatic rings. The van der Waals surface area contributed by atoms with Crippen LogP contribution in [-0.4, -0.2) is 26.3 Å². The van der Waals surface area contributed by atoms with E-state index < -0.39 is 0 Å². The highest BCUT2D eigenvalue weighted by molar-refractivity contribution is 7.09. The maximum atomic E-state index is 5.49. The van der Waals surface area contributed by atoms with E-state index in [0.717, 1.165) is 4.88 Å². The summed E-state index contributed by atoms with van der Waals surface area (Å²) in [5, 5.41) is 7.52. The van der Waals surface area contributed by atoms with Crippen LogP contribution in [0.2, 0.25) is 0 Å². The van der Waals surface area contributed by atoms with E-state index in [1.165, 1.54) is 11.5 Å². The summed E-state index contributed by atoms with van der Waals surface area (Å²) >= 11 is 1.22. The summed E-state index contributed by atoms with van der Waals surface area (Å²) in [6, 6.07) is 0. The molecule has 7 heteroatoms.